The molecule has 0 N–H and O–H groups in total. The lowest BCUT2D eigenvalue weighted by Gasteiger charge is -2.19. The Morgan fingerprint density at radius 2 is 1.92 bits per heavy atom. The third kappa shape index (κ3) is 3.58. The first-order chi connectivity index (χ1) is 17.6. The van der Waals surface area contributed by atoms with Gasteiger partial charge in [0.25, 0.3) is 11.8 Å². The number of ether oxygens (including phenoxy) is 2. The van der Waals surface area contributed by atoms with Gasteiger partial charge in [0.2, 0.25) is 11.7 Å². The highest BCUT2D eigenvalue weighted by Gasteiger charge is 2.55. The quantitative estimate of drug-likeness (QED) is 0.465. The second kappa shape index (κ2) is 8.74. The molecule has 0 bridgehead atoms. The Balaban J connectivity index is 1.20. The minimum atomic E-state index is -0.886. The Kier molecular flexibility index (Phi) is 5.39. The van der Waals surface area contributed by atoms with Crippen LogP contribution in [0.3, 0.4) is 0 Å². The lowest BCUT2D eigenvalue weighted by molar-refractivity contribution is -0.123. The predicted octanol–water partition coefficient (Wildman–Crippen LogP) is 3.13. The summed E-state index contributed by atoms with van der Waals surface area (Å²) in [7, 11) is 1.56. The summed E-state index contributed by atoms with van der Waals surface area (Å²) >= 11 is 0. The van der Waals surface area contributed by atoms with E-state index in [4.69, 9.17) is 14.0 Å². The molecule has 2 amide bonds. The Labute approximate surface area is 206 Å². The Morgan fingerprint density at radius 3 is 2.75 bits per heavy atom. The number of benzene rings is 2. The lowest BCUT2D eigenvalue weighted by Crippen LogP contribution is -2.39. The van der Waals surface area contributed by atoms with E-state index < -0.39 is 12.1 Å². The van der Waals surface area contributed by atoms with E-state index in [0.717, 1.165) is 19.3 Å². The van der Waals surface area contributed by atoms with Gasteiger partial charge in [0, 0.05) is 5.56 Å². The van der Waals surface area contributed by atoms with Crippen LogP contribution in [-0.2, 0) is 29.0 Å². The summed E-state index contributed by atoms with van der Waals surface area (Å²) in [5.74, 6) is 1.04. The second-order valence-corrected chi connectivity index (χ2v) is 8.82. The van der Waals surface area contributed by atoms with E-state index in [9.17, 15) is 9.59 Å². The fourth-order valence-electron chi connectivity index (χ4n) is 4.96. The van der Waals surface area contributed by atoms with Gasteiger partial charge in [0.1, 0.15) is 6.54 Å². The number of fused-ring (bicyclic) bond motifs is 2. The summed E-state index contributed by atoms with van der Waals surface area (Å²) in [5.41, 5.74) is 3.73. The van der Waals surface area contributed by atoms with Crippen LogP contribution in [0.1, 0.15) is 30.4 Å². The second-order valence-electron chi connectivity index (χ2n) is 8.82. The van der Waals surface area contributed by atoms with Crippen LogP contribution in [0, 0.1) is 0 Å². The van der Waals surface area contributed by atoms with E-state index in [2.05, 4.69) is 20.5 Å². The van der Waals surface area contributed by atoms with Crippen LogP contribution in [0.15, 0.2) is 51.3 Å². The van der Waals surface area contributed by atoms with Crippen molar-refractivity contribution in [2.24, 2.45) is 10.3 Å². The van der Waals surface area contributed by atoms with Crippen LogP contribution in [0.25, 0.3) is 11.4 Å². The molecule has 0 saturated carbocycles. The maximum absolute atomic E-state index is 13.3. The van der Waals surface area contributed by atoms with Crippen molar-refractivity contribution in [2.75, 3.05) is 18.6 Å². The van der Waals surface area contributed by atoms with E-state index in [1.165, 1.54) is 21.0 Å². The predicted molar refractivity (Wildman–Crippen MR) is 126 cm³/mol. The topological polar surface area (TPSA) is 123 Å². The smallest absolute Gasteiger partial charge is 0.263 e. The van der Waals surface area contributed by atoms with Crippen molar-refractivity contribution in [2.45, 2.75) is 44.8 Å². The molecule has 1 aromatic heterocycles. The van der Waals surface area contributed by atoms with Crippen LogP contribution in [-0.4, -0.2) is 52.8 Å². The molecule has 11 heteroatoms. The minimum Gasteiger partial charge on any atom is -0.493 e. The number of nitrogens with zero attached hydrogens (tertiary/aromatic N) is 6. The molecule has 1 aliphatic carbocycles. The average molecular weight is 489 g/mol. The molecule has 6 rings (SSSR count). The van der Waals surface area contributed by atoms with Gasteiger partial charge in [-0.2, -0.15) is 10.1 Å². The molecule has 3 heterocycles. The van der Waals surface area contributed by atoms with Gasteiger partial charge in [0.05, 0.1) is 19.4 Å². The van der Waals surface area contributed by atoms with Gasteiger partial charge in [-0.05, 0) is 67.6 Å². The highest BCUT2D eigenvalue weighted by atomic mass is 16.5. The molecule has 3 aromatic rings. The molecule has 36 heavy (non-hydrogen) atoms. The number of imide groups is 1. The molecule has 2 aromatic carbocycles. The molecule has 1 fully saturated rings. The Bertz CT molecular complexity index is 1390. The molecule has 0 unspecified atom stereocenters. The van der Waals surface area contributed by atoms with Crippen molar-refractivity contribution in [1.82, 2.24) is 15.1 Å². The lowest BCUT2D eigenvalue weighted by atomic mass is 10.1. The summed E-state index contributed by atoms with van der Waals surface area (Å²) in [6, 6.07) is 9.40. The summed E-state index contributed by atoms with van der Waals surface area (Å²) in [6.45, 7) is 2.45. The van der Waals surface area contributed by atoms with Crippen LogP contribution < -0.4 is 14.4 Å². The standard InChI is InChI=1S/C25H24N6O5/c1-3-35-18-10-8-16(12-19(18)34-2)23-26-20(36-28-23)13-30-22-21(27-29-30)24(32)31(25(22)33)17-9-7-14-5-4-6-15(14)11-17/h7-12,21-22H,3-6,13H2,1-2H3/t21-,22+/m1/s1. The monoisotopic (exact) mass is 488 g/mol. The number of amides is 2. The summed E-state index contributed by atoms with van der Waals surface area (Å²) in [6.07, 6.45) is 3.07. The number of aryl methyl sites for hydroxylation is 2. The molecule has 3 aliphatic rings. The van der Waals surface area contributed by atoms with Gasteiger partial charge in [0.15, 0.2) is 23.6 Å². The van der Waals surface area contributed by atoms with Crippen molar-refractivity contribution in [3.63, 3.8) is 0 Å². The summed E-state index contributed by atoms with van der Waals surface area (Å²) in [4.78, 5) is 32.1. The van der Waals surface area contributed by atoms with Gasteiger partial charge in [-0.15, -0.1) is 0 Å². The molecule has 0 spiro atoms. The van der Waals surface area contributed by atoms with Crippen LogP contribution in [0.2, 0.25) is 0 Å². The number of hydrogen-bond donors (Lipinski definition) is 0. The van der Waals surface area contributed by atoms with Gasteiger partial charge in [-0.3, -0.25) is 14.6 Å². The fraction of sp³-hybridized carbons (Fsp3) is 0.360. The number of aromatic nitrogens is 2. The van der Waals surface area contributed by atoms with Crippen molar-refractivity contribution in [3.05, 3.63) is 53.4 Å². The first-order valence-corrected chi connectivity index (χ1v) is 11.9. The zero-order valence-electron chi connectivity index (χ0n) is 19.9. The van der Waals surface area contributed by atoms with Crippen molar-refractivity contribution in [3.8, 4) is 22.9 Å². The molecule has 2 atom stereocenters. The van der Waals surface area contributed by atoms with Crippen molar-refractivity contribution >= 4 is 17.5 Å². The number of carbonyl (C=O) groups excluding carboxylic acids is 2. The molecule has 2 aliphatic heterocycles. The molecule has 1 saturated heterocycles. The van der Waals surface area contributed by atoms with E-state index in [1.807, 2.05) is 25.1 Å². The largest absolute Gasteiger partial charge is 0.493 e. The number of rotatable bonds is 7. The number of carbonyl (C=O) groups is 2. The van der Waals surface area contributed by atoms with Crippen LogP contribution in [0.4, 0.5) is 5.69 Å². The number of hydrogen-bond acceptors (Lipinski definition) is 10. The maximum atomic E-state index is 13.3. The Hall–Kier alpha value is -4.28. The van der Waals surface area contributed by atoms with Gasteiger partial charge in [-0.25, -0.2) is 4.90 Å². The normalized spacial score (nSPS) is 20.3. The van der Waals surface area contributed by atoms with Crippen molar-refractivity contribution in [1.29, 1.82) is 0 Å². The highest BCUT2D eigenvalue weighted by molar-refractivity contribution is 6.25. The number of anilines is 1. The van der Waals surface area contributed by atoms with Crippen LogP contribution in [0.5, 0.6) is 11.5 Å². The molecule has 11 nitrogen and oxygen atoms in total. The van der Waals surface area contributed by atoms with Gasteiger partial charge < -0.3 is 14.0 Å². The summed E-state index contributed by atoms with van der Waals surface area (Å²) < 4.78 is 16.4. The average Bonchev–Trinajstić information content (AvgIpc) is 3.67. The van der Waals surface area contributed by atoms with E-state index in [1.54, 1.807) is 25.3 Å². The van der Waals surface area contributed by atoms with Crippen molar-refractivity contribution < 1.29 is 23.6 Å². The molecular weight excluding hydrogens is 464 g/mol. The van der Waals surface area contributed by atoms with E-state index in [0.29, 0.717) is 35.2 Å². The van der Waals surface area contributed by atoms with E-state index >= 15 is 0 Å². The first kappa shape index (κ1) is 22.2. The maximum Gasteiger partial charge on any atom is 0.263 e. The molecular formula is C25H24N6O5. The third-order valence-corrected chi connectivity index (χ3v) is 6.69. The first-order valence-electron chi connectivity index (χ1n) is 11.9. The zero-order chi connectivity index (χ0) is 24.8. The van der Waals surface area contributed by atoms with Gasteiger partial charge in [-0.1, -0.05) is 16.4 Å². The van der Waals surface area contributed by atoms with Crippen LogP contribution >= 0.6 is 0 Å². The third-order valence-electron chi connectivity index (χ3n) is 6.69. The minimum absolute atomic E-state index is 0.0445. The zero-order valence-corrected chi connectivity index (χ0v) is 19.9. The van der Waals surface area contributed by atoms with Gasteiger partial charge >= 0.3 is 0 Å². The van der Waals surface area contributed by atoms with E-state index in [-0.39, 0.29) is 24.2 Å². The fourth-order valence-corrected chi connectivity index (χ4v) is 4.96. The summed E-state index contributed by atoms with van der Waals surface area (Å²) in [5, 5.41) is 13.6. The molecule has 184 valence electrons. The highest BCUT2D eigenvalue weighted by Crippen LogP contribution is 2.35. The SMILES string of the molecule is CCOc1ccc(-c2noc(CN3N=N[C@H]4C(=O)N(c5ccc6c(c5)CCC6)C(=O)[C@H]43)n2)cc1OC. The molecule has 0 radical (unpaired) electrons. The Morgan fingerprint density at radius 1 is 1.06 bits per heavy atom. The number of methoxy groups -OCH3 is 1.